The number of fused-ring (bicyclic) bond motifs is 1. The van der Waals surface area contributed by atoms with Gasteiger partial charge in [-0.2, -0.15) is 13.2 Å². The number of ether oxygens (including phenoxy) is 2. The van der Waals surface area contributed by atoms with E-state index in [4.69, 9.17) is 9.47 Å². The number of carbonyl (C=O) groups is 1. The fraction of sp³-hybridized carbons (Fsp3) is 0.517. The first kappa shape index (κ1) is 29.0. The summed E-state index contributed by atoms with van der Waals surface area (Å²) in [7, 11) is 1.51. The summed E-state index contributed by atoms with van der Waals surface area (Å²) in [5.74, 6) is 0.724. The van der Waals surface area contributed by atoms with E-state index in [1.807, 2.05) is 11.8 Å². The average molecular weight is 575 g/mol. The van der Waals surface area contributed by atoms with Gasteiger partial charge in [0.05, 0.1) is 37.0 Å². The summed E-state index contributed by atoms with van der Waals surface area (Å²) < 4.78 is 52.0. The maximum absolute atomic E-state index is 13.7. The second kappa shape index (κ2) is 12.6. The van der Waals surface area contributed by atoms with Gasteiger partial charge in [-0.3, -0.25) is 9.69 Å². The minimum Gasteiger partial charge on any atom is -0.495 e. The van der Waals surface area contributed by atoms with E-state index >= 15 is 0 Å². The summed E-state index contributed by atoms with van der Waals surface area (Å²) in [4.78, 5) is 24.7. The van der Waals surface area contributed by atoms with E-state index in [0.717, 1.165) is 58.2 Å². The molecule has 2 aliphatic heterocycles. The summed E-state index contributed by atoms with van der Waals surface area (Å²) in [6.45, 7) is 7.33. The van der Waals surface area contributed by atoms with E-state index in [1.54, 1.807) is 24.3 Å². The van der Waals surface area contributed by atoms with Crippen molar-refractivity contribution in [3.63, 3.8) is 0 Å². The van der Waals surface area contributed by atoms with Crippen LogP contribution in [0.4, 0.5) is 30.4 Å². The molecule has 1 amide bonds. The minimum absolute atomic E-state index is 0.00412. The van der Waals surface area contributed by atoms with Crippen molar-refractivity contribution in [2.45, 2.75) is 44.8 Å². The number of piperidine rings is 1. The highest BCUT2D eigenvalue weighted by Crippen LogP contribution is 2.39. The smallest absolute Gasteiger partial charge is 0.418 e. The molecule has 0 bridgehead atoms. The first-order valence-electron chi connectivity index (χ1n) is 14.2. The molecule has 0 atom stereocenters. The number of nitrogens with zero attached hydrogens (tertiary/aromatic N) is 3. The number of methoxy groups -OCH3 is 1. The van der Waals surface area contributed by atoms with Gasteiger partial charge in [-0.05, 0) is 37.5 Å². The zero-order valence-electron chi connectivity index (χ0n) is 23.4. The Hall–Kier alpha value is -3.51. The Labute approximate surface area is 237 Å². The van der Waals surface area contributed by atoms with Crippen LogP contribution >= 0.6 is 0 Å². The van der Waals surface area contributed by atoms with Crippen molar-refractivity contribution in [1.82, 2.24) is 19.8 Å². The van der Waals surface area contributed by atoms with Crippen LogP contribution in [0.2, 0.25) is 0 Å². The predicted molar refractivity (Wildman–Crippen MR) is 152 cm³/mol. The lowest BCUT2D eigenvalue weighted by Crippen LogP contribution is -2.50. The second-order valence-corrected chi connectivity index (χ2v) is 10.5. The number of H-pyrrole nitrogens is 1. The van der Waals surface area contributed by atoms with Gasteiger partial charge >= 0.3 is 6.18 Å². The number of morpholine rings is 1. The molecule has 0 radical (unpaired) electrons. The standard InChI is InChI=1S/C29H37F3N6O3/c1-3-4-9-33-23-17-25(36-27-26(23)21(18-34-27)29(30,31)32)35-22-6-5-19(16-24(22)40-2)28(39)38-10-7-20(8-11-38)37-12-14-41-15-13-37/h5-6,16-18,20H,3-4,7-15H2,1-2H3,(H3,33,34,35,36). The van der Waals surface area contributed by atoms with Crippen molar-refractivity contribution in [3.8, 4) is 5.75 Å². The molecule has 3 N–H and O–H groups in total. The number of pyridine rings is 1. The third kappa shape index (κ3) is 6.54. The average Bonchev–Trinajstić information content (AvgIpc) is 3.43. The highest BCUT2D eigenvalue weighted by atomic mass is 19.4. The minimum atomic E-state index is -4.51. The fourth-order valence-corrected chi connectivity index (χ4v) is 5.59. The number of nitrogens with one attached hydrogen (secondary N) is 3. The highest BCUT2D eigenvalue weighted by molar-refractivity contribution is 5.97. The Morgan fingerprint density at radius 1 is 1.15 bits per heavy atom. The van der Waals surface area contributed by atoms with Gasteiger partial charge in [0.2, 0.25) is 0 Å². The van der Waals surface area contributed by atoms with Gasteiger partial charge in [0.25, 0.3) is 5.91 Å². The monoisotopic (exact) mass is 574 g/mol. The summed E-state index contributed by atoms with van der Waals surface area (Å²) in [6.07, 6.45) is 0.00306. The summed E-state index contributed by atoms with van der Waals surface area (Å²) >= 11 is 0. The topological polar surface area (TPSA) is 94.8 Å². The molecule has 2 aromatic heterocycles. The van der Waals surface area contributed by atoms with Crippen LogP contribution in [0.15, 0.2) is 30.5 Å². The Morgan fingerprint density at radius 3 is 2.59 bits per heavy atom. The van der Waals surface area contributed by atoms with Gasteiger partial charge in [-0.25, -0.2) is 4.98 Å². The zero-order valence-corrected chi connectivity index (χ0v) is 23.4. The number of amides is 1. The lowest BCUT2D eigenvalue weighted by molar-refractivity contribution is -0.136. The number of hydrogen-bond acceptors (Lipinski definition) is 7. The lowest BCUT2D eigenvalue weighted by atomic mass is 10.0. The Balaban J connectivity index is 1.32. The first-order chi connectivity index (χ1) is 19.8. The Morgan fingerprint density at radius 2 is 1.90 bits per heavy atom. The van der Waals surface area contributed by atoms with Crippen LogP contribution in [-0.2, 0) is 10.9 Å². The van der Waals surface area contributed by atoms with Crippen molar-refractivity contribution in [2.75, 3.05) is 63.7 Å². The molecule has 12 heteroatoms. The molecule has 2 aliphatic rings. The van der Waals surface area contributed by atoms with E-state index < -0.39 is 11.7 Å². The van der Waals surface area contributed by atoms with Crippen molar-refractivity contribution in [3.05, 3.63) is 41.6 Å². The molecule has 1 aromatic carbocycles. The van der Waals surface area contributed by atoms with Gasteiger partial charge in [0, 0.05) is 62.3 Å². The van der Waals surface area contributed by atoms with Gasteiger partial charge in [0.15, 0.2) is 0 Å². The largest absolute Gasteiger partial charge is 0.495 e. The van der Waals surface area contributed by atoms with E-state index in [1.165, 1.54) is 7.11 Å². The Kier molecular flexibility index (Phi) is 8.88. The number of aromatic nitrogens is 2. The van der Waals surface area contributed by atoms with Crippen LogP contribution in [0.25, 0.3) is 11.0 Å². The normalized spacial score (nSPS) is 17.1. The molecule has 2 fully saturated rings. The number of halogens is 3. The number of anilines is 3. The molecule has 4 heterocycles. The molecule has 5 rings (SSSR count). The van der Waals surface area contributed by atoms with Crippen LogP contribution in [0.5, 0.6) is 5.75 Å². The molecule has 0 unspecified atom stereocenters. The van der Waals surface area contributed by atoms with Gasteiger partial charge < -0.3 is 30.0 Å². The molecule has 0 saturated carbocycles. The number of rotatable bonds is 9. The summed E-state index contributed by atoms with van der Waals surface area (Å²) in [6, 6.07) is 7.20. The van der Waals surface area contributed by atoms with Crippen LogP contribution in [0.3, 0.4) is 0 Å². The number of unbranched alkanes of at least 4 members (excludes halogenated alkanes) is 1. The maximum Gasteiger partial charge on any atom is 0.418 e. The molecule has 0 aliphatic carbocycles. The molecule has 2 saturated heterocycles. The number of hydrogen-bond donors (Lipinski definition) is 3. The number of benzene rings is 1. The summed E-state index contributed by atoms with van der Waals surface area (Å²) in [5.41, 5.74) is 0.754. The van der Waals surface area contributed by atoms with Crippen molar-refractivity contribution in [2.24, 2.45) is 0 Å². The molecular formula is C29H37F3N6O3. The van der Waals surface area contributed by atoms with Crippen molar-refractivity contribution >= 4 is 34.1 Å². The molecule has 41 heavy (non-hydrogen) atoms. The van der Waals surface area contributed by atoms with E-state index in [9.17, 15) is 18.0 Å². The quantitative estimate of drug-likeness (QED) is 0.291. The molecule has 222 valence electrons. The number of alkyl halides is 3. The third-order valence-electron chi connectivity index (χ3n) is 7.82. The van der Waals surface area contributed by atoms with E-state index in [2.05, 4.69) is 25.5 Å². The fourth-order valence-electron chi connectivity index (χ4n) is 5.59. The number of aromatic amines is 1. The third-order valence-corrected chi connectivity index (χ3v) is 7.82. The molecule has 9 nitrogen and oxygen atoms in total. The van der Waals surface area contributed by atoms with E-state index in [0.29, 0.717) is 54.2 Å². The van der Waals surface area contributed by atoms with Crippen molar-refractivity contribution in [1.29, 1.82) is 0 Å². The predicted octanol–water partition coefficient (Wildman–Crippen LogP) is 5.48. The summed E-state index contributed by atoms with van der Waals surface area (Å²) in [5, 5.41) is 6.30. The number of carbonyl (C=O) groups excluding carboxylic acids is 1. The van der Waals surface area contributed by atoms with Crippen molar-refractivity contribution < 1.29 is 27.4 Å². The van der Waals surface area contributed by atoms with Gasteiger partial charge in [0.1, 0.15) is 17.2 Å². The molecular weight excluding hydrogens is 537 g/mol. The lowest BCUT2D eigenvalue weighted by Gasteiger charge is -2.40. The molecule has 3 aromatic rings. The number of likely N-dealkylation sites (tertiary alicyclic amines) is 1. The second-order valence-electron chi connectivity index (χ2n) is 10.5. The van der Waals surface area contributed by atoms with Gasteiger partial charge in [-0.1, -0.05) is 13.3 Å². The highest BCUT2D eigenvalue weighted by Gasteiger charge is 2.35. The van der Waals surface area contributed by atoms with Gasteiger partial charge in [-0.15, -0.1) is 0 Å². The maximum atomic E-state index is 13.7. The Bertz CT molecular complexity index is 1350. The SMILES string of the molecule is CCCCNc1cc(Nc2ccc(C(=O)N3CCC(N4CCOCC4)CC3)cc2OC)nc2[nH]cc(C(F)(F)F)c12. The zero-order chi connectivity index (χ0) is 29.0. The van der Waals surface area contributed by atoms with Crippen LogP contribution in [-0.4, -0.2) is 84.8 Å². The van der Waals surface area contributed by atoms with Crippen LogP contribution in [0.1, 0.15) is 48.5 Å². The van der Waals surface area contributed by atoms with Crippen LogP contribution < -0.4 is 15.4 Å². The van der Waals surface area contributed by atoms with Crippen LogP contribution in [0, 0.1) is 0 Å². The molecule has 0 spiro atoms. The first-order valence-corrected chi connectivity index (χ1v) is 14.2. The van der Waals surface area contributed by atoms with E-state index in [-0.39, 0.29) is 16.9 Å².